The molecular weight excluding hydrogens is 248 g/mol. The number of carboxylic acid groups (broad SMARTS) is 1. The van der Waals surface area contributed by atoms with Crippen LogP contribution in [0.15, 0.2) is 0 Å². The highest BCUT2D eigenvalue weighted by molar-refractivity contribution is 5.76. The van der Waals surface area contributed by atoms with E-state index in [1.807, 2.05) is 0 Å². The third-order valence-electron chi connectivity index (χ3n) is 3.46. The van der Waals surface area contributed by atoms with Crippen LogP contribution in [-0.2, 0) is 9.53 Å². The summed E-state index contributed by atoms with van der Waals surface area (Å²) in [4.78, 5) is 24.1. The van der Waals surface area contributed by atoms with E-state index in [9.17, 15) is 9.59 Å². The van der Waals surface area contributed by atoms with Gasteiger partial charge in [0, 0.05) is 32.2 Å². The molecule has 0 aliphatic carbocycles. The van der Waals surface area contributed by atoms with E-state index < -0.39 is 5.97 Å². The molecule has 0 saturated carbocycles. The smallest absolute Gasteiger partial charge is 0.317 e. The predicted octanol–water partition coefficient (Wildman–Crippen LogP) is 1.17. The van der Waals surface area contributed by atoms with Crippen LogP contribution in [0, 0.1) is 11.8 Å². The average Bonchev–Trinajstić information content (AvgIpc) is 2.31. The monoisotopic (exact) mass is 272 g/mol. The van der Waals surface area contributed by atoms with E-state index in [-0.39, 0.29) is 17.9 Å². The highest BCUT2D eigenvalue weighted by Crippen LogP contribution is 2.23. The van der Waals surface area contributed by atoms with Crippen LogP contribution in [0.25, 0.3) is 0 Å². The van der Waals surface area contributed by atoms with Gasteiger partial charge in [0.15, 0.2) is 0 Å². The van der Waals surface area contributed by atoms with Crippen LogP contribution < -0.4 is 5.32 Å². The van der Waals surface area contributed by atoms with Crippen LogP contribution in [-0.4, -0.2) is 54.9 Å². The molecule has 1 aliphatic rings. The van der Waals surface area contributed by atoms with Crippen LogP contribution >= 0.6 is 0 Å². The molecular formula is C13H24N2O4. The lowest BCUT2D eigenvalue weighted by Gasteiger charge is -2.41. The Morgan fingerprint density at radius 3 is 2.68 bits per heavy atom. The van der Waals surface area contributed by atoms with E-state index in [1.54, 1.807) is 11.8 Å². The Bertz CT molecular complexity index is 303. The standard InChI is InChI=1S/C13H24N2O4/c1-3-4-6-19-7-5-14-13(18)15-8-11(9-15)10(2)12(16)17/h10-11H,3-9H2,1-2H3,(H,14,18)(H,16,17). The van der Waals surface area contributed by atoms with E-state index >= 15 is 0 Å². The number of urea groups is 1. The maximum absolute atomic E-state index is 11.7. The first-order chi connectivity index (χ1) is 9.06. The Balaban J connectivity index is 2.05. The summed E-state index contributed by atoms with van der Waals surface area (Å²) >= 11 is 0. The number of carbonyl (C=O) groups is 2. The molecule has 110 valence electrons. The summed E-state index contributed by atoms with van der Waals surface area (Å²) in [6.07, 6.45) is 2.14. The van der Waals surface area contributed by atoms with E-state index in [0.717, 1.165) is 19.4 Å². The molecule has 1 heterocycles. The minimum Gasteiger partial charge on any atom is -0.481 e. The number of nitrogens with one attached hydrogen (secondary N) is 1. The zero-order valence-corrected chi connectivity index (χ0v) is 11.7. The number of ether oxygens (including phenoxy) is 1. The molecule has 1 atom stereocenters. The Morgan fingerprint density at radius 1 is 1.42 bits per heavy atom. The Kier molecular flexibility index (Phi) is 6.62. The molecule has 1 saturated heterocycles. The molecule has 19 heavy (non-hydrogen) atoms. The molecule has 0 aromatic heterocycles. The number of rotatable bonds is 8. The molecule has 6 heteroatoms. The maximum Gasteiger partial charge on any atom is 0.317 e. The first kappa shape index (κ1) is 15.8. The predicted molar refractivity (Wildman–Crippen MR) is 71.0 cm³/mol. The number of carboxylic acids is 1. The largest absolute Gasteiger partial charge is 0.481 e. The summed E-state index contributed by atoms with van der Waals surface area (Å²) in [5.41, 5.74) is 0. The minimum absolute atomic E-state index is 0.0732. The highest BCUT2D eigenvalue weighted by atomic mass is 16.5. The van der Waals surface area contributed by atoms with Crippen molar-refractivity contribution >= 4 is 12.0 Å². The topological polar surface area (TPSA) is 78.9 Å². The second kappa shape index (κ2) is 7.99. The average molecular weight is 272 g/mol. The number of unbranched alkanes of at least 4 members (excludes halogenated alkanes) is 1. The van der Waals surface area contributed by atoms with Crippen LogP contribution in [0.5, 0.6) is 0 Å². The zero-order chi connectivity index (χ0) is 14.3. The summed E-state index contributed by atoms with van der Waals surface area (Å²) in [6, 6.07) is -0.132. The lowest BCUT2D eigenvalue weighted by atomic mass is 9.87. The fourth-order valence-corrected chi connectivity index (χ4v) is 1.89. The normalized spacial score (nSPS) is 16.8. The van der Waals surface area contributed by atoms with E-state index in [0.29, 0.717) is 26.2 Å². The van der Waals surface area contributed by atoms with Crippen LogP contribution in [0.3, 0.4) is 0 Å². The van der Waals surface area contributed by atoms with Crippen molar-refractivity contribution in [2.45, 2.75) is 26.7 Å². The molecule has 2 amide bonds. The Labute approximate surface area is 114 Å². The van der Waals surface area contributed by atoms with Crippen LogP contribution in [0.4, 0.5) is 4.79 Å². The van der Waals surface area contributed by atoms with Crippen LogP contribution in [0.2, 0.25) is 0 Å². The number of amides is 2. The van der Waals surface area contributed by atoms with Crippen molar-refractivity contribution in [2.24, 2.45) is 11.8 Å². The molecule has 0 radical (unpaired) electrons. The number of aliphatic carboxylic acids is 1. The molecule has 1 fully saturated rings. The summed E-state index contributed by atoms with van der Waals surface area (Å²) < 4.78 is 5.34. The lowest BCUT2D eigenvalue weighted by Crippen LogP contribution is -2.56. The SMILES string of the molecule is CCCCOCCNC(=O)N1CC(C(C)C(=O)O)C1. The number of hydrogen-bond donors (Lipinski definition) is 2. The second-order valence-electron chi connectivity index (χ2n) is 4.99. The van der Waals surface area contributed by atoms with Crippen molar-refractivity contribution in [3.63, 3.8) is 0 Å². The number of nitrogens with zero attached hydrogens (tertiary/aromatic N) is 1. The van der Waals surface area contributed by atoms with E-state index in [4.69, 9.17) is 9.84 Å². The molecule has 1 rings (SSSR count). The van der Waals surface area contributed by atoms with Gasteiger partial charge in [-0.2, -0.15) is 0 Å². The second-order valence-corrected chi connectivity index (χ2v) is 4.99. The maximum atomic E-state index is 11.7. The molecule has 0 bridgehead atoms. The summed E-state index contributed by atoms with van der Waals surface area (Å²) in [7, 11) is 0. The molecule has 0 aromatic carbocycles. The quantitative estimate of drug-likeness (QED) is 0.650. The van der Waals surface area contributed by atoms with Gasteiger partial charge in [-0.1, -0.05) is 20.3 Å². The Morgan fingerprint density at radius 2 is 2.11 bits per heavy atom. The van der Waals surface area contributed by atoms with Gasteiger partial charge in [0.1, 0.15) is 0 Å². The first-order valence-corrected chi connectivity index (χ1v) is 6.89. The number of hydrogen-bond acceptors (Lipinski definition) is 3. The van der Waals surface area contributed by atoms with Gasteiger partial charge in [-0.15, -0.1) is 0 Å². The van der Waals surface area contributed by atoms with Crippen molar-refractivity contribution in [1.82, 2.24) is 10.2 Å². The molecule has 1 aliphatic heterocycles. The highest BCUT2D eigenvalue weighted by Gasteiger charge is 2.36. The zero-order valence-electron chi connectivity index (χ0n) is 11.7. The van der Waals surface area contributed by atoms with Crippen molar-refractivity contribution in [3.8, 4) is 0 Å². The molecule has 1 unspecified atom stereocenters. The third-order valence-corrected chi connectivity index (χ3v) is 3.46. The van der Waals surface area contributed by atoms with Crippen LogP contribution in [0.1, 0.15) is 26.7 Å². The summed E-state index contributed by atoms with van der Waals surface area (Å²) in [5, 5.41) is 11.6. The van der Waals surface area contributed by atoms with Crippen molar-refractivity contribution in [2.75, 3.05) is 32.8 Å². The fourth-order valence-electron chi connectivity index (χ4n) is 1.89. The van der Waals surface area contributed by atoms with Crippen molar-refractivity contribution in [1.29, 1.82) is 0 Å². The lowest BCUT2D eigenvalue weighted by molar-refractivity contribution is -0.144. The third kappa shape index (κ3) is 5.06. The van der Waals surface area contributed by atoms with Gasteiger partial charge in [-0.05, 0) is 6.42 Å². The molecule has 0 spiro atoms. The minimum atomic E-state index is -0.797. The number of carbonyl (C=O) groups excluding carboxylic acids is 1. The van der Waals surface area contributed by atoms with Crippen molar-refractivity contribution in [3.05, 3.63) is 0 Å². The fraction of sp³-hybridized carbons (Fsp3) is 0.846. The number of likely N-dealkylation sites (tertiary alicyclic amines) is 1. The van der Waals surface area contributed by atoms with E-state index in [2.05, 4.69) is 12.2 Å². The summed E-state index contributed by atoms with van der Waals surface area (Å²) in [5.74, 6) is -1.11. The van der Waals surface area contributed by atoms with Crippen molar-refractivity contribution < 1.29 is 19.4 Å². The van der Waals surface area contributed by atoms with Gasteiger partial charge in [0.25, 0.3) is 0 Å². The van der Waals surface area contributed by atoms with Gasteiger partial charge in [-0.25, -0.2) is 4.79 Å². The Hall–Kier alpha value is -1.30. The molecule has 0 aromatic rings. The first-order valence-electron chi connectivity index (χ1n) is 6.89. The van der Waals surface area contributed by atoms with E-state index in [1.165, 1.54) is 0 Å². The molecule has 2 N–H and O–H groups in total. The summed E-state index contributed by atoms with van der Waals surface area (Å²) in [6.45, 7) is 6.58. The van der Waals surface area contributed by atoms with Gasteiger partial charge < -0.3 is 20.1 Å². The molecule has 6 nitrogen and oxygen atoms in total. The van der Waals surface area contributed by atoms with Gasteiger partial charge in [0.05, 0.1) is 12.5 Å². The van der Waals surface area contributed by atoms with Gasteiger partial charge >= 0.3 is 12.0 Å². The van der Waals surface area contributed by atoms with Gasteiger partial charge in [0.2, 0.25) is 0 Å². The van der Waals surface area contributed by atoms with Gasteiger partial charge in [-0.3, -0.25) is 4.79 Å².